The van der Waals surface area contributed by atoms with Crippen molar-refractivity contribution in [2.24, 2.45) is 0 Å². The Morgan fingerprint density at radius 3 is 1.93 bits per heavy atom. The van der Waals surface area contributed by atoms with Crippen molar-refractivity contribution in [2.75, 3.05) is 0 Å². The van der Waals surface area contributed by atoms with Crippen molar-refractivity contribution in [1.82, 2.24) is 0 Å². The largest absolute Gasteiger partial charge is 0.297 e. The van der Waals surface area contributed by atoms with Gasteiger partial charge >= 0.3 is 0 Å². The third-order valence-corrected chi connectivity index (χ3v) is 7.65. The van der Waals surface area contributed by atoms with Crippen LogP contribution in [0.5, 0.6) is 0 Å². The van der Waals surface area contributed by atoms with Crippen LogP contribution in [-0.4, -0.2) is 34.4 Å². The molecule has 13 heteroatoms. The lowest BCUT2D eigenvalue weighted by molar-refractivity contribution is 0.468. The quantitative estimate of drug-likeness (QED) is 0.464. The molecule has 8 nitrogen and oxygen atoms in total. The first-order valence-corrected chi connectivity index (χ1v) is 12.4. The Kier molecular flexibility index (Phi) is 6.49. The van der Waals surface area contributed by atoms with Crippen LogP contribution in [0.15, 0.2) is 49.9 Å². The van der Waals surface area contributed by atoms with E-state index in [0.717, 1.165) is 6.07 Å². The van der Waals surface area contributed by atoms with E-state index in [2.05, 4.69) is 0 Å². The molecule has 2 aromatic carbocycles. The molecule has 0 fully saturated rings. The Hall–Kier alpha value is -1.93. The van der Waals surface area contributed by atoms with Crippen LogP contribution in [0, 0.1) is 11.6 Å². The molecule has 0 aromatic heterocycles. The van der Waals surface area contributed by atoms with Gasteiger partial charge in [0.25, 0.3) is 20.2 Å². The lowest BCUT2D eigenvalue weighted by atomic mass is 10.1. The Morgan fingerprint density at radius 2 is 1.41 bits per heavy atom. The predicted octanol–water partition coefficient (Wildman–Crippen LogP) is 2.63. The van der Waals surface area contributed by atoms with Gasteiger partial charge in [0.2, 0.25) is 9.84 Å². The number of benzene rings is 2. The Morgan fingerprint density at radius 1 is 0.828 bits per heavy atom. The lowest BCUT2D eigenvalue weighted by Gasteiger charge is -2.15. The zero-order chi connectivity index (χ0) is 22.2. The molecule has 0 amide bonds. The molecule has 0 aliphatic heterocycles. The molecule has 0 unspecified atom stereocenters. The van der Waals surface area contributed by atoms with E-state index in [9.17, 15) is 38.6 Å². The number of hydrogen-bond acceptors (Lipinski definition) is 6. The lowest BCUT2D eigenvalue weighted by Crippen LogP contribution is -2.14. The predicted molar refractivity (Wildman–Crippen MR) is 96.5 cm³/mol. The van der Waals surface area contributed by atoms with Crippen molar-refractivity contribution in [3.63, 3.8) is 0 Å². The molecule has 0 bridgehead atoms. The molecule has 29 heavy (non-hydrogen) atoms. The van der Waals surface area contributed by atoms with Gasteiger partial charge in [-0.15, -0.1) is 0 Å². The van der Waals surface area contributed by atoms with Crippen molar-refractivity contribution in [2.45, 2.75) is 45.8 Å². The average Bonchev–Trinajstić information content (AvgIpc) is 2.57. The molecule has 0 saturated carbocycles. The zero-order valence-electron chi connectivity index (χ0n) is 14.8. The number of unbranched alkanes of at least 4 members (excludes halogenated alkanes) is 1. The van der Waals surface area contributed by atoms with Gasteiger partial charge in [0.15, 0.2) is 0 Å². The summed E-state index contributed by atoms with van der Waals surface area (Å²) >= 11 is 0. The molecule has 2 aromatic rings. The number of halogens is 2. The van der Waals surface area contributed by atoms with Gasteiger partial charge in [0.1, 0.15) is 21.4 Å². The smallest absolute Gasteiger partial charge is 0.282 e. The monoisotopic (exact) mass is 470 g/mol. The fraction of sp³-hybridized carbons (Fsp3) is 0.250. The summed E-state index contributed by atoms with van der Waals surface area (Å²) in [5.74, 6) is -2.77. The first-order valence-electron chi connectivity index (χ1n) is 8.02. The molecule has 0 atom stereocenters. The maximum Gasteiger partial charge on any atom is 0.297 e. The molecule has 0 saturated heterocycles. The van der Waals surface area contributed by atoms with Crippen LogP contribution in [0.4, 0.5) is 8.78 Å². The minimum atomic E-state index is -5.13. The topological polar surface area (TPSA) is 143 Å². The summed E-state index contributed by atoms with van der Waals surface area (Å²) in [6.07, 6.45) is 0.489. The highest BCUT2D eigenvalue weighted by Gasteiger charge is 2.31. The minimum absolute atomic E-state index is 0.232. The van der Waals surface area contributed by atoms with E-state index in [0.29, 0.717) is 30.7 Å². The van der Waals surface area contributed by atoms with Gasteiger partial charge in [-0.1, -0.05) is 13.3 Å². The van der Waals surface area contributed by atoms with Crippen LogP contribution in [0.2, 0.25) is 0 Å². The minimum Gasteiger partial charge on any atom is -0.282 e. The Labute approximate surface area is 166 Å². The van der Waals surface area contributed by atoms with E-state index in [1.807, 2.05) is 0 Å². The van der Waals surface area contributed by atoms with Gasteiger partial charge in [-0.2, -0.15) is 16.8 Å². The number of hydrogen-bond donors (Lipinski definition) is 2. The van der Waals surface area contributed by atoms with Crippen LogP contribution in [0.25, 0.3) is 0 Å². The van der Waals surface area contributed by atoms with Crippen LogP contribution in [0.1, 0.15) is 25.3 Å². The number of sulfone groups is 1. The second-order valence-electron chi connectivity index (χ2n) is 6.00. The van der Waals surface area contributed by atoms with Gasteiger partial charge in [-0.3, -0.25) is 9.11 Å². The van der Waals surface area contributed by atoms with Crippen molar-refractivity contribution in [3.8, 4) is 0 Å². The second kappa shape index (κ2) is 8.07. The summed E-state index contributed by atoms with van der Waals surface area (Å²) in [6, 6.07) is 2.86. The second-order valence-corrected chi connectivity index (χ2v) is 10.7. The summed E-state index contributed by atoms with van der Waals surface area (Å²) in [5, 5.41) is 0. The van der Waals surface area contributed by atoms with Crippen molar-refractivity contribution < 1.29 is 43.1 Å². The molecule has 0 spiro atoms. The van der Waals surface area contributed by atoms with E-state index in [1.165, 1.54) is 0 Å². The van der Waals surface area contributed by atoms with Crippen LogP contribution in [0.3, 0.4) is 0 Å². The molecule has 2 rings (SSSR count). The first kappa shape index (κ1) is 23.3. The van der Waals surface area contributed by atoms with Gasteiger partial charge in [-0.25, -0.2) is 17.2 Å². The van der Waals surface area contributed by atoms with Crippen LogP contribution < -0.4 is 0 Å². The molecule has 0 radical (unpaired) electrons. The fourth-order valence-electron chi connectivity index (χ4n) is 2.68. The van der Waals surface area contributed by atoms with Gasteiger partial charge in [-0.05, 0) is 48.7 Å². The van der Waals surface area contributed by atoms with Gasteiger partial charge < -0.3 is 0 Å². The van der Waals surface area contributed by atoms with Crippen molar-refractivity contribution in [1.29, 1.82) is 0 Å². The highest BCUT2D eigenvalue weighted by molar-refractivity contribution is 7.91. The molecular weight excluding hydrogens is 454 g/mol. The van der Waals surface area contributed by atoms with Gasteiger partial charge in [0.05, 0.1) is 9.79 Å². The van der Waals surface area contributed by atoms with Gasteiger partial charge in [0, 0.05) is 0 Å². The van der Waals surface area contributed by atoms with E-state index in [1.54, 1.807) is 6.92 Å². The average molecular weight is 470 g/mol. The Balaban J connectivity index is 2.86. The Bertz CT molecular complexity index is 1270. The zero-order valence-corrected chi connectivity index (χ0v) is 17.3. The molecule has 0 heterocycles. The molecular formula is C16H16F2O8S3. The van der Waals surface area contributed by atoms with E-state index in [-0.39, 0.29) is 12.8 Å². The van der Waals surface area contributed by atoms with Crippen molar-refractivity contribution in [3.05, 3.63) is 47.5 Å². The van der Waals surface area contributed by atoms with E-state index < -0.39 is 66.9 Å². The maximum atomic E-state index is 14.1. The molecule has 0 aliphatic rings. The van der Waals surface area contributed by atoms with Crippen LogP contribution >= 0.6 is 0 Å². The highest BCUT2D eigenvalue weighted by atomic mass is 32.2. The summed E-state index contributed by atoms with van der Waals surface area (Å²) in [6.45, 7) is 1.71. The van der Waals surface area contributed by atoms with E-state index >= 15 is 0 Å². The summed E-state index contributed by atoms with van der Waals surface area (Å²) in [4.78, 5) is -3.99. The first-order chi connectivity index (χ1) is 13.2. The molecule has 2 N–H and O–H groups in total. The van der Waals surface area contributed by atoms with Crippen molar-refractivity contribution >= 4 is 30.1 Å². The highest BCUT2D eigenvalue weighted by Crippen LogP contribution is 2.33. The fourth-order valence-corrected chi connectivity index (χ4v) is 5.79. The molecule has 0 aliphatic carbocycles. The van der Waals surface area contributed by atoms with E-state index in [4.69, 9.17) is 4.55 Å². The summed E-state index contributed by atoms with van der Waals surface area (Å²) < 4.78 is 118. The molecule has 160 valence electrons. The van der Waals surface area contributed by atoms with Crippen LogP contribution in [-0.2, 0) is 36.5 Å². The SMILES string of the molecule is CCCCc1c(S(=O)(=O)c2ccc(F)c(S(=O)(=O)O)c2)ccc(F)c1S(=O)(=O)O. The summed E-state index contributed by atoms with van der Waals surface area (Å²) in [7, 11) is -14.9. The normalized spacial score (nSPS) is 12.9. The third kappa shape index (κ3) is 4.80. The standard InChI is InChI=1S/C16H16F2O8S3/c1-2-3-4-11-14(8-7-13(18)16(11)29(24,25)26)27(19,20)10-5-6-12(17)15(9-10)28(21,22)23/h5-9H,2-4H2,1H3,(H,21,22,23)(H,24,25,26). The maximum absolute atomic E-state index is 14.1. The summed E-state index contributed by atoms with van der Waals surface area (Å²) in [5.41, 5.74) is -0.521. The number of rotatable bonds is 7. The third-order valence-electron chi connectivity index (χ3n) is 3.99.